The van der Waals surface area contributed by atoms with Crippen molar-refractivity contribution >= 4 is 25.2 Å². The fraction of sp³-hybridized carbons (Fsp3) is 1.00. The Balaban J connectivity index is 2.62. The molecule has 0 heterocycles. The molecule has 0 atom stereocenters. The standard InChI is InChI=1S/C13H32O2Si3/c1-16(2,3)14-18(6,7)15-17(4,5)13-11-9-8-10-12-13/h13H,8-12H2,1-7H3. The lowest BCUT2D eigenvalue weighted by Crippen LogP contribution is -2.53. The maximum atomic E-state index is 6.63. The average molecular weight is 305 g/mol. The van der Waals surface area contributed by atoms with Crippen LogP contribution < -0.4 is 0 Å². The molecule has 108 valence electrons. The fourth-order valence-electron chi connectivity index (χ4n) is 3.27. The van der Waals surface area contributed by atoms with Crippen LogP contribution in [-0.2, 0) is 8.23 Å². The molecule has 0 radical (unpaired) electrons. The van der Waals surface area contributed by atoms with Crippen LogP contribution in [0.5, 0.6) is 0 Å². The minimum atomic E-state index is -1.93. The van der Waals surface area contributed by atoms with E-state index in [1.807, 2.05) is 0 Å². The van der Waals surface area contributed by atoms with Crippen molar-refractivity contribution in [1.82, 2.24) is 0 Å². The average Bonchev–Trinajstić information content (AvgIpc) is 2.13. The van der Waals surface area contributed by atoms with Gasteiger partial charge in [0.05, 0.1) is 0 Å². The molecule has 0 aromatic heterocycles. The van der Waals surface area contributed by atoms with Crippen LogP contribution in [0.25, 0.3) is 0 Å². The van der Waals surface area contributed by atoms with Gasteiger partial charge in [-0.15, -0.1) is 0 Å². The largest absolute Gasteiger partial charge is 0.437 e. The maximum absolute atomic E-state index is 6.63. The van der Waals surface area contributed by atoms with Gasteiger partial charge in [-0.05, 0) is 51.4 Å². The molecule has 2 nitrogen and oxygen atoms in total. The Morgan fingerprint density at radius 3 is 1.67 bits per heavy atom. The summed E-state index contributed by atoms with van der Waals surface area (Å²) in [5.41, 5.74) is 0.850. The lowest BCUT2D eigenvalue weighted by molar-refractivity contribution is 0.368. The molecule has 0 aromatic carbocycles. The smallest absolute Gasteiger partial charge is 0.311 e. The quantitative estimate of drug-likeness (QED) is 0.658. The number of hydrogen-bond donors (Lipinski definition) is 0. The van der Waals surface area contributed by atoms with E-state index in [2.05, 4.69) is 45.8 Å². The second-order valence-corrected chi connectivity index (χ2v) is 20.3. The van der Waals surface area contributed by atoms with E-state index >= 15 is 0 Å². The minimum absolute atomic E-state index is 0.850. The third-order valence-corrected chi connectivity index (χ3v) is 14.7. The molecule has 0 aliphatic heterocycles. The highest BCUT2D eigenvalue weighted by molar-refractivity contribution is 6.87. The molecular formula is C13H32O2Si3. The summed E-state index contributed by atoms with van der Waals surface area (Å²) in [5, 5.41) is 0. The Labute approximate surface area is 117 Å². The Hall–Kier alpha value is 0.571. The van der Waals surface area contributed by atoms with Gasteiger partial charge in [-0.3, -0.25) is 0 Å². The molecule has 18 heavy (non-hydrogen) atoms. The van der Waals surface area contributed by atoms with Gasteiger partial charge < -0.3 is 8.23 Å². The molecule has 5 heteroatoms. The van der Waals surface area contributed by atoms with Gasteiger partial charge in [0.2, 0.25) is 0 Å². The maximum Gasteiger partial charge on any atom is 0.311 e. The summed E-state index contributed by atoms with van der Waals surface area (Å²) in [4.78, 5) is 0. The second-order valence-electron chi connectivity index (χ2n) is 7.65. The SMILES string of the molecule is C[Si](C)(C)O[Si](C)(C)O[Si](C)(C)C1CCCCC1. The Morgan fingerprint density at radius 1 is 0.722 bits per heavy atom. The Morgan fingerprint density at radius 2 is 1.22 bits per heavy atom. The molecule has 0 spiro atoms. The lowest BCUT2D eigenvalue weighted by Gasteiger charge is -2.42. The van der Waals surface area contributed by atoms with Crippen molar-refractivity contribution in [3.8, 4) is 0 Å². The molecule has 0 bridgehead atoms. The van der Waals surface area contributed by atoms with Crippen molar-refractivity contribution in [2.24, 2.45) is 0 Å². The van der Waals surface area contributed by atoms with E-state index in [0.717, 1.165) is 5.54 Å². The second kappa shape index (κ2) is 5.91. The van der Waals surface area contributed by atoms with Gasteiger partial charge in [-0.25, -0.2) is 0 Å². The number of hydrogen-bond acceptors (Lipinski definition) is 2. The van der Waals surface area contributed by atoms with Crippen molar-refractivity contribution < 1.29 is 8.23 Å². The fourth-order valence-corrected chi connectivity index (χ4v) is 17.2. The molecule has 1 aliphatic carbocycles. The molecular weight excluding hydrogens is 272 g/mol. The summed E-state index contributed by atoms with van der Waals surface area (Å²) in [6, 6.07) is 0. The predicted molar refractivity (Wildman–Crippen MR) is 87.3 cm³/mol. The van der Waals surface area contributed by atoms with Gasteiger partial charge in [0.1, 0.15) is 0 Å². The summed E-state index contributed by atoms with van der Waals surface area (Å²) in [6.45, 7) is 16.1. The van der Waals surface area contributed by atoms with Crippen LogP contribution in [0.4, 0.5) is 0 Å². The molecule has 1 saturated carbocycles. The topological polar surface area (TPSA) is 18.5 Å². The van der Waals surface area contributed by atoms with E-state index in [9.17, 15) is 0 Å². The summed E-state index contributed by atoms with van der Waals surface area (Å²) in [6.07, 6.45) is 7.00. The highest BCUT2D eigenvalue weighted by Gasteiger charge is 2.42. The zero-order valence-corrected chi connectivity index (χ0v) is 16.4. The van der Waals surface area contributed by atoms with Gasteiger partial charge in [-0.2, -0.15) is 0 Å². The molecule has 1 rings (SSSR count). The van der Waals surface area contributed by atoms with Crippen molar-refractivity contribution in [3.63, 3.8) is 0 Å². The molecule has 0 saturated heterocycles. The summed E-state index contributed by atoms with van der Waals surface area (Å²) in [5.74, 6) is 0. The molecule has 1 aliphatic rings. The Kier molecular flexibility index (Phi) is 5.46. The zero-order valence-electron chi connectivity index (χ0n) is 13.4. The van der Waals surface area contributed by atoms with E-state index in [-0.39, 0.29) is 0 Å². The van der Waals surface area contributed by atoms with Gasteiger partial charge >= 0.3 is 8.56 Å². The van der Waals surface area contributed by atoms with Gasteiger partial charge in [0.25, 0.3) is 0 Å². The van der Waals surface area contributed by atoms with Gasteiger partial charge in [0, 0.05) is 0 Å². The van der Waals surface area contributed by atoms with E-state index in [1.165, 1.54) is 32.1 Å². The van der Waals surface area contributed by atoms with Crippen LogP contribution in [-0.4, -0.2) is 25.2 Å². The summed E-state index contributed by atoms with van der Waals surface area (Å²) < 4.78 is 13.0. The first-order chi connectivity index (χ1) is 8.02. The van der Waals surface area contributed by atoms with Crippen molar-refractivity contribution in [2.75, 3.05) is 0 Å². The first-order valence-electron chi connectivity index (χ1n) is 7.42. The predicted octanol–water partition coefficient (Wildman–Crippen LogP) is 5.10. The van der Waals surface area contributed by atoms with E-state index in [1.54, 1.807) is 0 Å². The highest BCUT2D eigenvalue weighted by Crippen LogP contribution is 2.39. The first kappa shape index (κ1) is 16.6. The van der Waals surface area contributed by atoms with Gasteiger partial charge in [-0.1, -0.05) is 32.1 Å². The van der Waals surface area contributed by atoms with Crippen molar-refractivity contribution in [1.29, 1.82) is 0 Å². The Bertz CT molecular complexity index is 266. The van der Waals surface area contributed by atoms with E-state index in [4.69, 9.17) is 8.23 Å². The van der Waals surface area contributed by atoms with Crippen molar-refractivity contribution in [3.05, 3.63) is 0 Å². The zero-order chi connectivity index (χ0) is 14.0. The summed E-state index contributed by atoms with van der Waals surface area (Å²) in [7, 11) is -5.00. The van der Waals surface area contributed by atoms with Crippen LogP contribution in [0.3, 0.4) is 0 Å². The minimum Gasteiger partial charge on any atom is -0.437 e. The van der Waals surface area contributed by atoms with E-state index < -0.39 is 25.2 Å². The van der Waals surface area contributed by atoms with Crippen LogP contribution in [0.2, 0.25) is 51.4 Å². The molecule has 1 fully saturated rings. The van der Waals surface area contributed by atoms with Gasteiger partial charge in [0.15, 0.2) is 16.6 Å². The lowest BCUT2D eigenvalue weighted by atomic mass is 10.0. The van der Waals surface area contributed by atoms with Crippen LogP contribution in [0, 0.1) is 0 Å². The molecule has 0 amide bonds. The highest BCUT2D eigenvalue weighted by atomic mass is 28.5. The summed E-state index contributed by atoms with van der Waals surface area (Å²) >= 11 is 0. The van der Waals surface area contributed by atoms with Crippen LogP contribution in [0.15, 0.2) is 0 Å². The first-order valence-corrected chi connectivity index (χ1v) is 16.6. The molecule has 0 aromatic rings. The molecule has 0 N–H and O–H groups in total. The monoisotopic (exact) mass is 304 g/mol. The number of rotatable bonds is 5. The normalized spacial score (nSPS) is 20.2. The van der Waals surface area contributed by atoms with Crippen LogP contribution in [0.1, 0.15) is 32.1 Å². The van der Waals surface area contributed by atoms with Crippen LogP contribution >= 0.6 is 0 Å². The third kappa shape index (κ3) is 5.69. The van der Waals surface area contributed by atoms with Crippen molar-refractivity contribution in [2.45, 2.75) is 83.5 Å². The third-order valence-electron chi connectivity index (χ3n) is 3.65. The van der Waals surface area contributed by atoms with E-state index in [0.29, 0.717) is 0 Å². The molecule has 0 unspecified atom stereocenters.